The monoisotopic (exact) mass is 586 g/mol. The van der Waals surface area contributed by atoms with E-state index in [1.54, 1.807) is 0 Å². The van der Waals surface area contributed by atoms with E-state index in [0.29, 0.717) is 11.2 Å². The summed E-state index contributed by atoms with van der Waals surface area (Å²) < 4.78 is 9.61. The van der Waals surface area contributed by atoms with Crippen LogP contribution in [0.5, 0.6) is 5.75 Å². The van der Waals surface area contributed by atoms with Crippen LogP contribution in [0.4, 0.5) is 5.69 Å². The summed E-state index contributed by atoms with van der Waals surface area (Å²) in [5, 5.41) is 4.29. The highest BCUT2D eigenvalue weighted by molar-refractivity contribution is 9.10. The van der Waals surface area contributed by atoms with E-state index in [-0.39, 0.29) is 12.1 Å². The molecule has 194 valence electrons. The summed E-state index contributed by atoms with van der Waals surface area (Å²) in [7, 11) is 0. The molecule has 2 fully saturated rings. The number of anilines is 1. The number of aryl methyl sites for hydroxylation is 1. The van der Waals surface area contributed by atoms with Gasteiger partial charge in [0.2, 0.25) is 0 Å². The average molecular weight is 588 g/mol. The third-order valence-electron chi connectivity index (χ3n) is 7.69. The van der Waals surface area contributed by atoms with Crippen molar-refractivity contribution in [1.29, 1.82) is 0 Å². The molecule has 2 aliphatic rings. The van der Waals surface area contributed by atoms with Crippen LogP contribution in [-0.4, -0.2) is 20.8 Å². The fourth-order valence-corrected chi connectivity index (χ4v) is 6.52. The SMILES string of the molecule is Cc1cc([C@H]2[C@H](c3ccccn3)NC(=S)N2c2ccc(OC3CCCC3)cc2)c(C)n1-c1ccc(Br)cc1. The predicted molar refractivity (Wildman–Crippen MR) is 160 cm³/mol. The Morgan fingerprint density at radius 3 is 2.34 bits per heavy atom. The van der Waals surface area contributed by atoms with Crippen LogP contribution in [0, 0.1) is 13.8 Å². The number of nitrogens with one attached hydrogen (secondary N) is 1. The normalized spacial score (nSPS) is 19.7. The first-order valence-electron chi connectivity index (χ1n) is 13.2. The van der Waals surface area contributed by atoms with Crippen molar-refractivity contribution < 1.29 is 4.74 Å². The first kappa shape index (κ1) is 25.1. The summed E-state index contributed by atoms with van der Waals surface area (Å²) in [5.41, 5.74) is 6.73. The molecule has 0 spiro atoms. The van der Waals surface area contributed by atoms with Gasteiger partial charge in [0, 0.05) is 33.4 Å². The Balaban J connectivity index is 1.41. The molecule has 0 bridgehead atoms. The number of thiocarbonyl (C=S) groups is 1. The molecule has 7 heteroatoms. The molecule has 3 heterocycles. The number of rotatable bonds is 6. The zero-order chi connectivity index (χ0) is 26.2. The van der Waals surface area contributed by atoms with Crippen molar-refractivity contribution in [2.45, 2.75) is 57.7 Å². The van der Waals surface area contributed by atoms with Crippen LogP contribution in [0.3, 0.4) is 0 Å². The molecule has 2 atom stereocenters. The van der Waals surface area contributed by atoms with Gasteiger partial charge < -0.3 is 19.5 Å². The summed E-state index contributed by atoms with van der Waals surface area (Å²) in [6, 6.07) is 25.0. The maximum atomic E-state index is 6.23. The minimum Gasteiger partial charge on any atom is -0.490 e. The molecule has 1 aliphatic heterocycles. The van der Waals surface area contributed by atoms with Crippen molar-refractivity contribution in [2.24, 2.45) is 0 Å². The minimum absolute atomic E-state index is 0.0607. The second-order valence-corrected chi connectivity index (χ2v) is 11.5. The number of nitrogens with zero attached hydrogens (tertiary/aromatic N) is 3. The molecule has 0 radical (unpaired) electrons. The molecule has 0 unspecified atom stereocenters. The van der Waals surface area contributed by atoms with Crippen molar-refractivity contribution in [1.82, 2.24) is 14.9 Å². The Morgan fingerprint density at radius 2 is 1.66 bits per heavy atom. The quantitative estimate of drug-likeness (QED) is 0.234. The molecule has 1 saturated heterocycles. The maximum Gasteiger partial charge on any atom is 0.174 e. The second kappa shape index (κ2) is 10.5. The Bertz CT molecular complexity index is 1430. The fraction of sp³-hybridized carbons (Fsp3) is 0.290. The Kier molecular flexibility index (Phi) is 6.97. The average Bonchev–Trinajstić information content (AvgIpc) is 3.64. The fourth-order valence-electron chi connectivity index (χ4n) is 5.91. The first-order chi connectivity index (χ1) is 18.5. The van der Waals surface area contributed by atoms with Crippen LogP contribution < -0.4 is 15.0 Å². The number of hydrogen-bond donors (Lipinski definition) is 1. The van der Waals surface area contributed by atoms with Gasteiger partial charge in [-0.1, -0.05) is 22.0 Å². The molecule has 1 saturated carbocycles. The molecule has 0 amide bonds. The topological polar surface area (TPSA) is 42.3 Å². The molecule has 1 aliphatic carbocycles. The van der Waals surface area contributed by atoms with Gasteiger partial charge in [-0.15, -0.1) is 0 Å². The van der Waals surface area contributed by atoms with E-state index < -0.39 is 0 Å². The van der Waals surface area contributed by atoms with Crippen LogP contribution >= 0.6 is 28.1 Å². The van der Waals surface area contributed by atoms with E-state index >= 15 is 0 Å². The van der Waals surface area contributed by atoms with Crippen molar-refractivity contribution >= 4 is 38.9 Å². The highest BCUT2D eigenvalue weighted by Gasteiger charge is 2.42. The van der Waals surface area contributed by atoms with Crippen molar-refractivity contribution in [2.75, 3.05) is 4.90 Å². The molecular weight excluding hydrogens is 556 g/mol. The molecule has 5 nitrogen and oxygen atoms in total. The maximum absolute atomic E-state index is 6.23. The lowest BCUT2D eigenvalue weighted by molar-refractivity contribution is 0.210. The molecule has 1 N–H and O–H groups in total. The Hall–Kier alpha value is -3.16. The second-order valence-electron chi connectivity index (χ2n) is 10.2. The lowest BCUT2D eigenvalue weighted by atomic mass is 9.96. The molecule has 2 aromatic carbocycles. The van der Waals surface area contributed by atoms with Gasteiger partial charge in [-0.25, -0.2) is 0 Å². The Labute approximate surface area is 238 Å². The largest absolute Gasteiger partial charge is 0.490 e. The van der Waals surface area contributed by atoms with Gasteiger partial charge in [-0.3, -0.25) is 4.98 Å². The van der Waals surface area contributed by atoms with Crippen molar-refractivity contribution in [3.63, 3.8) is 0 Å². The lowest BCUT2D eigenvalue weighted by Crippen LogP contribution is -2.29. The van der Waals surface area contributed by atoms with Gasteiger partial charge in [0.15, 0.2) is 5.11 Å². The van der Waals surface area contributed by atoms with Gasteiger partial charge in [-0.05, 0) is 124 Å². The van der Waals surface area contributed by atoms with E-state index in [1.807, 2.05) is 18.3 Å². The summed E-state index contributed by atoms with van der Waals surface area (Å²) in [6.45, 7) is 4.35. The van der Waals surface area contributed by atoms with Gasteiger partial charge in [0.1, 0.15) is 5.75 Å². The van der Waals surface area contributed by atoms with E-state index in [2.05, 4.69) is 105 Å². The zero-order valence-corrected chi connectivity index (χ0v) is 24.0. The van der Waals surface area contributed by atoms with Crippen LogP contribution in [-0.2, 0) is 0 Å². The summed E-state index contributed by atoms with van der Waals surface area (Å²) >= 11 is 9.52. The van der Waals surface area contributed by atoms with Crippen LogP contribution in [0.2, 0.25) is 0 Å². The van der Waals surface area contributed by atoms with E-state index in [9.17, 15) is 0 Å². The van der Waals surface area contributed by atoms with E-state index in [4.69, 9.17) is 21.9 Å². The number of benzene rings is 2. The number of halogens is 1. The smallest absolute Gasteiger partial charge is 0.174 e. The standard InChI is InChI=1S/C31H31BrN4OS/c1-20-19-27(21(2)35(20)23-12-10-22(32)11-13-23)30-29(28-9-5-6-18-33-28)34-31(38)36(30)24-14-16-26(17-15-24)37-25-7-3-4-8-25/h5-6,9-19,25,29-30H,3-4,7-8H2,1-2H3,(H,34,38)/t29-,30-/m0/s1. The summed E-state index contributed by atoms with van der Waals surface area (Å²) in [6.07, 6.45) is 6.98. The molecule has 2 aromatic heterocycles. The van der Waals surface area contributed by atoms with Gasteiger partial charge in [-0.2, -0.15) is 0 Å². The molecular formula is C31H31BrN4OS. The van der Waals surface area contributed by atoms with Crippen LogP contribution in [0.25, 0.3) is 5.69 Å². The zero-order valence-electron chi connectivity index (χ0n) is 21.6. The molecule has 4 aromatic rings. The number of aromatic nitrogens is 2. The van der Waals surface area contributed by atoms with E-state index in [0.717, 1.165) is 40.1 Å². The minimum atomic E-state index is -0.0861. The van der Waals surface area contributed by atoms with Crippen molar-refractivity contribution in [3.8, 4) is 11.4 Å². The third-order valence-corrected chi connectivity index (χ3v) is 8.53. The van der Waals surface area contributed by atoms with Gasteiger partial charge >= 0.3 is 0 Å². The third kappa shape index (κ3) is 4.74. The molecule has 6 rings (SSSR count). The van der Waals surface area contributed by atoms with Gasteiger partial charge in [0.25, 0.3) is 0 Å². The predicted octanol–water partition coefficient (Wildman–Crippen LogP) is 7.75. The number of hydrogen-bond acceptors (Lipinski definition) is 3. The summed E-state index contributed by atoms with van der Waals surface area (Å²) in [5.74, 6) is 0.921. The van der Waals surface area contributed by atoms with Crippen LogP contribution in [0.15, 0.2) is 83.5 Å². The van der Waals surface area contributed by atoms with E-state index in [1.165, 1.54) is 29.8 Å². The van der Waals surface area contributed by atoms with Gasteiger partial charge in [0.05, 0.1) is 23.9 Å². The first-order valence-corrected chi connectivity index (χ1v) is 14.4. The number of ether oxygens (including phenoxy) is 1. The highest BCUT2D eigenvalue weighted by atomic mass is 79.9. The van der Waals surface area contributed by atoms with Crippen molar-refractivity contribution in [3.05, 3.63) is 106 Å². The summed E-state index contributed by atoms with van der Waals surface area (Å²) in [4.78, 5) is 6.95. The molecule has 38 heavy (non-hydrogen) atoms. The lowest BCUT2D eigenvalue weighted by Gasteiger charge is -2.28. The van der Waals surface area contributed by atoms with Crippen LogP contribution in [0.1, 0.15) is 60.4 Å². The highest BCUT2D eigenvalue weighted by Crippen LogP contribution is 2.44. The Morgan fingerprint density at radius 1 is 0.947 bits per heavy atom. The number of pyridine rings is 1.